The van der Waals surface area contributed by atoms with Crippen LogP contribution in [-0.4, -0.2) is 72.7 Å². The lowest BCUT2D eigenvalue weighted by atomic mass is 10.1. The van der Waals surface area contributed by atoms with E-state index in [-0.39, 0.29) is 6.61 Å². The molecule has 0 aromatic carbocycles. The van der Waals surface area contributed by atoms with E-state index in [0.717, 1.165) is 13.0 Å². The molecule has 0 aromatic heterocycles. The summed E-state index contributed by atoms with van der Waals surface area (Å²) >= 11 is 0. The Labute approximate surface area is 128 Å². The summed E-state index contributed by atoms with van der Waals surface area (Å²) in [5.41, 5.74) is 0. The number of rotatable bonds is 17. The Bertz CT molecular complexity index is 195. The molecule has 0 rings (SSSR count). The molecule has 0 heterocycles. The van der Waals surface area contributed by atoms with Gasteiger partial charge in [0.15, 0.2) is 0 Å². The molecular formula is C15H31FO5. The van der Waals surface area contributed by atoms with E-state index in [2.05, 4.69) is 13.8 Å². The topological polar surface area (TPSA) is 46.2 Å². The maximum Gasteiger partial charge on any atom is 0.113 e. The third-order valence-electron chi connectivity index (χ3n) is 2.81. The van der Waals surface area contributed by atoms with Crippen molar-refractivity contribution in [3.05, 3.63) is 0 Å². The van der Waals surface area contributed by atoms with Gasteiger partial charge in [0, 0.05) is 6.61 Å². The van der Waals surface area contributed by atoms with Crippen LogP contribution >= 0.6 is 0 Å². The first kappa shape index (κ1) is 20.7. The summed E-state index contributed by atoms with van der Waals surface area (Å²) in [6, 6.07) is 0. The normalized spacial score (nSPS) is 12.7. The Kier molecular flexibility index (Phi) is 17.6. The van der Waals surface area contributed by atoms with Gasteiger partial charge in [-0.3, -0.25) is 0 Å². The largest absolute Gasteiger partial charge is 0.379 e. The predicted octanol–water partition coefficient (Wildman–Crippen LogP) is 2.08. The first-order valence-corrected chi connectivity index (χ1v) is 7.75. The van der Waals surface area contributed by atoms with Crippen molar-refractivity contribution in [3.63, 3.8) is 0 Å². The summed E-state index contributed by atoms with van der Waals surface area (Å²) in [7, 11) is 0. The van der Waals surface area contributed by atoms with Crippen molar-refractivity contribution in [2.45, 2.75) is 20.3 Å². The average molecular weight is 310 g/mol. The van der Waals surface area contributed by atoms with Crippen molar-refractivity contribution in [1.82, 2.24) is 0 Å². The first-order chi connectivity index (χ1) is 10.3. The van der Waals surface area contributed by atoms with Crippen LogP contribution in [0.25, 0.3) is 0 Å². The molecule has 0 aliphatic carbocycles. The van der Waals surface area contributed by atoms with Crippen LogP contribution in [0.5, 0.6) is 0 Å². The zero-order valence-corrected chi connectivity index (χ0v) is 13.5. The molecule has 0 bridgehead atoms. The number of hydrogen-bond donors (Lipinski definition) is 0. The second-order valence-corrected chi connectivity index (χ2v) is 4.73. The van der Waals surface area contributed by atoms with Gasteiger partial charge in [-0.2, -0.15) is 0 Å². The molecule has 6 heteroatoms. The smallest absolute Gasteiger partial charge is 0.113 e. The Balaban J connectivity index is 2.96. The summed E-state index contributed by atoms with van der Waals surface area (Å²) in [4.78, 5) is 0. The van der Waals surface area contributed by atoms with Gasteiger partial charge in [0.25, 0.3) is 0 Å². The van der Waals surface area contributed by atoms with Gasteiger partial charge in [-0.05, 0) is 5.92 Å². The van der Waals surface area contributed by atoms with Gasteiger partial charge in [0.1, 0.15) is 6.67 Å². The lowest BCUT2D eigenvalue weighted by molar-refractivity contribution is -0.0138. The monoisotopic (exact) mass is 310 g/mol. The molecule has 1 unspecified atom stereocenters. The minimum absolute atomic E-state index is 0.137. The molecule has 128 valence electrons. The molecule has 0 aliphatic rings. The minimum Gasteiger partial charge on any atom is -0.379 e. The van der Waals surface area contributed by atoms with E-state index in [1.807, 2.05) is 0 Å². The van der Waals surface area contributed by atoms with Crippen LogP contribution in [0.1, 0.15) is 20.3 Å². The zero-order chi connectivity index (χ0) is 15.6. The highest BCUT2D eigenvalue weighted by molar-refractivity contribution is 4.45. The van der Waals surface area contributed by atoms with Crippen LogP contribution in [-0.2, 0) is 23.7 Å². The highest BCUT2D eigenvalue weighted by atomic mass is 19.1. The van der Waals surface area contributed by atoms with Gasteiger partial charge in [-0.25, -0.2) is 4.39 Å². The number of ether oxygens (including phenoxy) is 5. The molecule has 0 saturated carbocycles. The van der Waals surface area contributed by atoms with E-state index in [0.29, 0.717) is 58.8 Å². The van der Waals surface area contributed by atoms with Gasteiger partial charge >= 0.3 is 0 Å². The molecule has 1 atom stereocenters. The maximum absolute atomic E-state index is 11.7. The van der Waals surface area contributed by atoms with Crippen molar-refractivity contribution in [2.75, 3.05) is 72.7 Å². The van der Waals surface area contributed by atoms with E-state index in [4.69, 9.17) is 23.7 Å². The first-order valence-electron chi connectivity index (χ1n) is 7.75. The average Bonchev–Trinajstić information content (AvgIpc) is 2.50. The lowest BCUT2D eigenvalue weighted by Gasteiger charge is -2.10. The fraction of sp³-hybridized carbons (Fsp3) is 1.00. The number of hydrogen-bond acceptors (Lipinski definition) is 5. The molecule has 0 radical (unpaired) electrons. The minimum atomic E-state index is -0.453. The third-order valence-corrected chi connectivity index (χ3v) is 2.81. The molecule has 0 N–H and O–H groups in total. The second-order valence-electron chi connectivity index (χ2n) is 4.73. The van der Waals surface area contributed by atoms with Crippen molar-refractivity contribution in [1.29, 1.82) is 0 Å². The highest BCUT2D eigenvalue weighted by Crippen LogP contribution is 1.99. The Hall–Kier alpha value is -0.270. The van der Waals surface area contributed by atoms with Gasteiger partial charge in [-0.15, -0.1) is 0 Å². The van der Waals surface area contributed by atoms with Crippen LogP contribution in [0.4, 0.5) is 4.39 Å². The van der Waals surface area contributed by atoms with Gasteiger partial charge in [0.05, 0.1) is 59.5 Å². The van der Waals surface area contributed by atoms with Crippen LogP contribution in [0.3, 0.4) is 0 Å². The molecule has 21 heavy (non-hydrogen) atoms. The molecular weight excluding hydrogens is 279 g/mol. The second kappa shape index (κ2) is 17.8. The molecule has 0 aromatic rings. The van der Waals surface area contributed by atoms with Crippen LogP contribution in [0.15, 0.2) is 0 Å². The van der Waals surface area contributed by atoms with Crippen LogP contribution < -0.4 is 0 Å². The van der Waals surface area contributed by atoms with Gasteiger partial charge < -0.3 is 23.7 Å². The van der Waals surface area contributed by atoms with E-state index < -0.39 is 6.67 Å². The highest BCUT2D eigenvalue weighted by Gasteiger charge is 1.98. The quantitative estimate of drug-likeness (QED) is 0.385. The van der Waals surface area contributed by atoms with Crippen molar-refractivity contribution in [3.8, 4) is 0 Å². The standard InChI is InChI=1S/C15H31FO5/c1-3-15(2)14-21-13-12-20-11-10-19-9-8-18-7-6-17-5-4-16/h15H,3-14H2,1-2H3. The molecule has 0 spiro atoms. The lowest BCUT2D eigenvalue weighted by Crippen LogP contribution is -2.14. The Morgan fingerprint density at radius 3 is 1.43 bits per heavy atom. The van der Waals surface area contributed by atoms with Crippen LogP contribution in [0.2, 0.25) is 0 Å². The van der Waals surface area contributed by atoms with E-state index in [1.54, 1.807) is 0 Å². The van der Waals surface area contributed by atoms with Crippen molar-refractivity contribution >= 4 is 0 Å². The molecule has 0 amide bonds. The Morgan fingerprint density at radius 1 is 0.667 bits per heavy atom. The fourth-order valence-electron chi connectivity index (χ4n) is 1.34. The summed E-state index contributed by atoms with van der Waals surface area (Å²) in [5, 5.41) is 0. The van der Waals surface area contributed by atoms with Gasteiger partial charge in [-0.1, -0.05) is 20.3 Å². The third kappa shape index (κ3) is 17.7. The molecule has 0 aliphatic heterocycles. The van der Waals surface area contributed by atoms with E-state index in [1.165, 1.54) is 0 Å². The summed E-state index contributed by atoms with van der Waals surface area (Å²) in [5.74, 6) is 0.607. The maximum atomic E-state index is 11.7. The zero-order valence-electron chi connectivity index (χ0n) is 13.5. The molecule has 0 saturated heterocycles. The predicted molar refractivity (Wildman–Crippen MR) is 79.5 cm³/mol. The molecule has 5 nitrogen and oxygen atoms in total. The Morgan fingerprint density at radius 2 is 1.05 bits per heavy atom. The SMILES string of the molecule is CCC(C)COCCOCCOCCOCCOCCF. The fourth-order valence-corrected chi connectivity index (χ4v) is 1.34. The van der Waals surface area contributed by atoms with Crippen molar-refractivity contribution in [2.24, 2.45) is 5.92 Å². The van der Waals surface area contributed by atoms with Crippen molar-refractivity contribution < 1.29 is 28.1 Å². The van der Waals surface area contributed by atoms with Gasteiger partial charge in [0.2, 0.25) is 0 Å². The van der Waals surface area contributed by atoms with Crippen LogP contribution in [0, 0.1) is 5.92 Å². The van der Waals surface area contributed by atoms with E-state index >= 15 is 0 Å². The van der Waals surface area contributed by atoms with E-state index in [9.17, 15) is 4.39 Å². The summed E-state index contributed by atoms with van der Waals surface area (Å²) < 4.78 is 38.0. The number of alkyl halides is 1. The summed E-state index contributed by atoms with van der Waals surface area (Å²) in [6.07, 6.45) is 1.14. The molecule has 0 fully saturated rings. The summed E-state index contributed by atoms with van der Waals surface area (Å²) in [6.45, 7) is 9.07. The number of halogens is 1.